The van der Waals surface area contributed by atoms with E-state index in [0.717, 1.165) is 17.7 Å². The van der Waals surface area contributed by atoms with Gasteiger partial charge in [0.25, 0.3) is 0 Å². The lowest BCUT2D eigenvalue weighted by Crippen LogP contribution is -2.43. The standard InChI is InChI=1S/C15H23N3O/c1-11-5-2-3-8-14(11)18-15(19)17-13-7-4-6-12(9-13)10-16/h4,6-7,9,11,14H,2-3,5,8,10,16H2,1H3,(H2,17,18,19). The topological polar surface area (TPSA) is 67.2 Å². The highest BCUT2D eigenvalue weighted by Crippen LogP contribution is 2.23. The highest BCUT2D eigenvalue weighted by atomic mass is 16.2. The molecule has 4 nitrogen and oxygen atoms in total. The second-order valence-corrected chi connectivity index (χ2v) is 5.37. The first-order chi connectivity index (χ1) is 9.19. The van der Waals surface area contributed by atoms with Crippen molar-refractivity contribution in [2.24, 2.45) is 11.7 Å². The predicted molar refractivity (Wildman–Crippen MR) is 77.9 cm³/mol. The zero-order chi connectivity index (χ0) is 13.7. The maximum Gasteiger partial charge on any atom is 0.319 e. The van der Waals surface area contributed by atoms with Gasteiger partial charge in [0.2, 0.25) is 0 Å². The first-order valence-corrected chi connectivity index (χ1v) is 7.05. The van der Waals surface area contributed by atoms with Crippen LogP contribution in [0.4, 0.5) is 10.5 Å². The number of carbonyl (C=O) groups excluding carboxylic acids is 1. The number of nitrogens with two attached hydrogens (primary N) is 1. The Balaban J connectivity index is 1.89. The molecule has 1 aliphatic carbocycles. The van der Waals surface area contributed by atoms with Crippen molar-refractivity contribution in [2.75, 3.05) is 5.32 Å². The molecule has 1 aromatic carbocycles. The third-order valence-electron chi connectivity index (χ3n) is 3.85. The summed E-state index contributed by atoms with van der Waals surface area (Å²) in [5, 5.41) is 5.95. The first-order valence-electron chi connectivity index (χ1n) is 7.05. The molecular weight excluding hydrogens is 238 g/mol. The molecule has 2 rings (SSSR count). The van der Waals surface area contributed by atoms with E-state index in [9.17, 15) is 4.79 Å². The van der Waals surface area contributed by atoms with Crippen LogP contribution in [0.25, 0.3) is 0 Å². The smallest absolute Gasteiger partial charge is 0.319 e. The highest BCUT2D eigenvalue weighted by Gasteiger charge is 2.22. The van der Waals surface area contributed by atoms with Gasteiger partial charge in [0, 0.05) is 18.3 Å². The van der Waals surface area contributed by atoms with Gasteiger partial charge in [-0.25, -0.2) is 4.79 Å². The van der Waals surface area contributed by atoms with Crippen molar-refractivity contribution in [2.45, 2.75) is 45.2 Å². The summed E-state index contributed by atoms with van der Waals surface area (Å²) < 4.78 is 0. The quantitative estimate of drug-likeness (QED) is 0.783. The van der Waals surface area contributed by atoms with E-state index in [4.69, 9.17) is 5.73 Å². The molecule has 4 N–H and O–H groups in total. The van der Waals surface area contributed by atoms with E-state index >= 15 is 0 Å². The van der Waals surface area contributed by atoms with Gasteiger partial charge >= 0.3 is 6.03 Å². The van der Waals surface area contributed by atoms with E-state index in [1.807, 2.05) is 24.3 Å². The van der Waals surface area contributed by atoms with Gasteiger partial charge in [-0.05, 0) is 36.5 Å². The Kier molecular flexibility index (Phi) is 4.80. The molecule has 104 valence electrons. The van der Waals surface area contributed by atoms with Crippen LogP contribution in [0.5, 0.6) is 0 Å². The minimum absolute atomic E-state index is 0.118. The maximum absolute atomic E-state index is 12.0. The molecule has 0 bridgehead atoms. The largest absolute Gasteiger partial charge is 0.335 e. The van der Waals surface area contributed by atoms with Crippen LogP contribution < -0.4 is 16.4 Å². The van der Waals surface area contributed by atoms with Crippen LogP contribution in [0.1, 0.15) is 38.2 Å². The summed E-state index contributed by atoms with van der Waals surface area (Å²) in [7, 11) is 0. The normalized spacial score (nSPS) is 22.8. The third kappa shape index (κ3) is 3.96. The van der Waals surface area contributed by atoms with Crippen molar-refractivity contribution >= 4 is 11.7 Å². The van der Waals surface area contributed by atoms with E-state index in [1.54, 1.807) is 0 Å². The van der Waals surface area contributed by atoms with Crippen LogP contribution in [0.3, 0.4) is 0 Å². The van der Waals surface area contributed by atoms with Crippen molar-refractivity contribution in [3.8, 4) is 0 Å². The summed E-state index contributed by atoms with van der Waals surface area (Å²) in [5.74, 6) is 0.565. The number of carbonyl (C=O) groups is 1. The molecule has 1 aliphatic rings. The lowest BCUT2D eigenvalue weighted by molar-refractivity contribution is 0.232. The molecule has 0 heterocycles. The molecule has 0 spiro atoms. The Labute approximate surface area is 114 Å². The molecule has 0 radical (unpaired) electrons. The second-order valence-electron chi connectivity index (χ2n) is 5.37. The average Bonchev–Trinajstić information content (AvgIpc) is 2.41. The molecule has 19 heavy (non-hydrogen) atoms. The number of amides is 2. The monoisotopic (exact) mass is 261 g/mol. The van der Waals surface area contributed by atoms with E-state index in [2.05, 4.69) is 17.6 Å². The number of urea groups is 1. The predicted octanol–water partition coefficient (Wildman–Crippen LogP) is 2.85. The fourth-order valence-electron chi connectivity index (χ4n) is 2.64. The number of benzene rings is 1. The molecule has 2 unspecified atom stereocenters. The highest BCUT2D eigenvalue weighted by molar-refractivity contribution is 5.89. The fourth-order valence-corrected chi connectivity index (χ4v) is 2.64. The lowest BCUT2D eigenvalue weighted by atomic mass is 9.86. The average molecular weight is 261 g/mol. The Bertz CT molecular complexity index is 433. The van der Waals surface area contributed by atoms with Gasteiger partial charge in [0.05, 0.1) is 0 Å². The van der Waals surface area contributed by atoms with E-state index in [1.165, 1.54) is 19.3 Å². The summed E-state index contributed by atoms with van der Waals surface area (Å²) in [4.78, 5) is 12.0. The lowest BCUT2D eigenvalue weighted by Gasteiger charge is -2.29. The number of rotatable bonds is 3. The Morgan fingerprint density at radius 1 is 1.37 bits per heavy atom. The number of hydrogen-bond acceptors (Lipinski definition) is 2. The van der Waals surface area contributed by atoms with Crippen LogP contribution in [-0.2, 0) is 6.54 Å². The van der Waals surface area contributed by atoms with Gasteiger partial charge in [-0.15, -0.1) is 0 Å². The van der Waals surface area contributed by atoms with E-state index in [0.29, 0.717) is 18.5 Å². The molecule has 1 fully saturated rings. The maximum atomic E-state index is 12.0. The van der Waals surface area contributed by atoms with Crippen molar-refractivity contribution in [3.05, 3.63) is 29.8 Å². The Morgan fingerprint density at radius 3 is 2.89 bits per heavy atom. The zero-order valence-corrected chi connectivity index (χ0v) is 11.5. The first kappa shape index (κ1) is 13.9. The summed E-state index contributed by atoms with van der Waals surface area (Å²) in [5.41, 5.74) is 7.40. The summed E-state index contributed by atoms with van der Waals surface area (Å²) in [6.07, 6.45) is 4.77. The minimum Gasteiger partial charge on any atom is -0.335 e. The van der Waals surface area contributed by atoms with Gasteiger partial charge in [0.15, 0.2) is 0 Å². The van der Waals surface area contributed by atoms with E-state index < -0.39 is 0 Å². The molecular formula is C15H23N3O. The molecule has 1 saturated carbocycles. The Hall–Kier alpha value is -1.55. The van der Waals surface area contributed by atoms with Crippen molar-refractivity contribution in [1.29, 1.82) is 0 Å². The molecule has 4 heteroatoms. The van der Waals surface area contributed by atoms with Crippen LogP contribution >= 0.6 is 0 Å². The molecule has 0 aromatic heterocycles. The summed E-state index contributed by atoms with van der Waals surface area (Å²) >= 11 is 0. The van der Waals surface area contributed by atoms with Gasteiger partial charge in [-0.3, -0.25) is 0 Å². The van der Waals surface area contributed by atoms with Crippen molar-refractivity contribution in [3.63, 3.8) is 0 Å². The van der Waals surface area contributed by atoms with Crippen LogP contribution in [0, 0.1) is 5.92 Å². The minimum atomic E-state index is -0.118. The zero-order valence-electron chi connectivity index (χ0n) is 11.5. The fraction of sp³-hybridized carbons (Fsp3) is 0.533. The molecule has 2 amide bonds. The molecule has 0 saturated heterocycles. The summed E-state index contributed by atoms with van der Waals surface area (Å²) in [6.45, 7) is 2.69. The van der Waals surface area contributed by atoms with Gasteiger partial charge < -0.3 is 16.4 Å². The number of anilines is 1. The van der Waals surface area contributed by atoms with Crippen molar-refractivity contribution < 1.29 is 4.79 Å². The van der Waals surface area contributed by atoms with Crippen molar-refractivity contribution in [1.82, 2.24) is 5.32 Å². The van der Waals surface area contributed by atoms with Gasteiger partial charge in [-0.2, -0.15) is 0 Å². The summed E-state index contributed by atoms with van der Waals surface area (Å²) in [6, 6.07) is 7.82. The van der Waals surface area contributed by atoms with Gasteiger partial charge in [0.1, 0.15) is 0 Å². The molecule has 0 aliphatic heterocycles. The van der Waals surface area contributed by atoms with Crippen LogP contribution in [0.2, 0.25) is 0 Å². The van der Waals surface area contributed by atoms with Crippen LogP contribution in [-0.4, -0.2) is 12.1 Å². The van der Waals surface area contributed by atoms with E-state index in [-0.39, 0.29) is 6.03 Å². The van der Waals surface area contributed by atoms with Crippen LogP contribution in [0.15, 0.2) is 24.3 Å². The SMILES string of the molecule is CC1CCCCC1NC(=O)Nc1cccc(CN)c1. The molecule has 1 aromatic rings. The third-order valence-corrected chi connectivity index (χ3v) is 3.85. The second kappa shape index (κ2) is 6.57. The molecule has 2 atom stereocenters. The Morgan fingerprint density at radius 2 is 2.16 bits per heavy atom. The number of hydrogen-bond donors (Lipinski definition) is 3. The van der Waals surface area contributed by atoms with Gasteiger partial charge in [-0.1, -0.05) is 31.9 Å². The number of nitrogens with one attached hydrogen (secondary N) is 2.